The maximum atomic E-state index is 12.4. The van der Waals surface area contributed by atoms with Crippen LogP contribution in [0.1, 0.15) is 43.2 Å². The quantitative estimate of drug-likeness (QED) is 0.423. The summed E-state index contributed by atoms with van der Waals surface area (Å²) in [6.07, 6.45) is 5.22. The smallest absolute Gasteiger partial charge is 0.321 e. The number of urea groups is 1. The third-order valence-electron chi connectivity index (χ3n) is 5.01. The van der Waals surface area contributed by atoms with Crippen molar-refractivity contribution in [2.75, 3.05) is 29.5 Å². The molecule has 3 amide bonds. The molecule has 4 rings (SSSR count). The molecule has 1 aliphatic carbocycles. The van der Waals surface area contributed by atoms with Gasteiger partial charge in [0.05, 0.1) is 12.2 Å². The van der Waals surface area contributed by atoms with Gasteiger partial charge in [-0.05, 0) is 18.6 Å². The van der Waals surface area contributed by atoms with Gasteiger partial charge in [0.15, 0.2) is 9.47 Å². The molecule has 2 aliphatic rings. The van der Waals surface area contributed by atoms with Gasteiger partial charge in [-0.15, -0.1) is 21.5 Å². The summed E-state index contributed by atoms with van der Waals surface area (Å²) < 4.78 is 0.858. The largest absolute Gasteiger partial charge is 0.335 e. The fraction of sp³-hybridized carbons (Fsp3) is 0.611. The summed E-state index contributed by atoms with van der Waals surface area (Å²) in [6.45, 7) is 3.75. The molecule has 0 atom stereocenters. The van der Waals surface area contributed by atoms with E-state index in [0.717, 1.165) is 46.5 Å². The molecule has 1 aliphatic heterocycles. The van der Waals surface area contributed by atoms with Crippen molar-refractivity contribution in [3.63, 3.8) is 0 Å². The molecule has 2 aromatic heterocycles. The van der Waals surface area contributed by atoms with Crippen LogP contribution < -0.4 is 16.0 Å². The summed E-state index contributed by atoms with van der Waals surface area (Å²) in [6, 6.07) is 0.0974. The van der Waals surface area contributed by atoms with E-state index in [4.69, 9.17) is 0 Å². The van der Waals surface area contributed by atoms with Gasteiger partial charge in [0.1, 0.15) is 0 Å². The standard InChI is InChI=1S/C18H25N7O2S3/c1-2-28-18-24-23-17(30-18)21-14(26)10-25-8-7-12-13(9-25)29-16(20-12)22-15(27)19-11-5-3-4-6-11/h11H,2-10H2,1H3,(H,21,23,26)(H2,19,20,22,27). The van der Waals surface area contributed by atoms with Crippen LogP contribution in [0.2, 0.25) is 0 Å². The molecule has 0 aromatic carbocycles. The van der Waals surface area contributed by atoms with E-state index in [0.29, 0.717) is 16.8 Å². The lowest BCUT2D eigenvalue weighted by atomic mass is 10.2. The number of nitrogens with one attached hydrogen (secondary N) is 3. The molecule has 0 saturated heterocycles. The number of thioether (sulfide) groups is 1. The van der Waals surface area contributed by atoms with Crippen molar-refractivity contribution in [1.82, 2.24) is 25.4 Å². The van der Waals surface area contributed by atoms with Crippen LogP contribution in [0.4, 0.5) is 15.1 Å². The van der Waals surface area contributed by atoms with Gasteiger partial charge in [0, 0.05) is 30.4 Å². The number of nitrogens with zero attached hydrogens (tertiary/aromatic N) is 4. The molecular weight excluding hydrogens is 442 g/mol. The van der Waals surface area contributed by atoms with Gasteiger partial charge in [-0.2, -0.15) is 0 Å². The Labute approximate surface area is 187 Å². The predicted octanol–water partition coefficient (Wildman–Crippen LogP) is 3.17. The third-order valence-corrected chi connectivity index (χ3v) is 7.86. The van der Waals surface area contributed by atoms with Crippen LogP contribution in [0.15, 0.2) is 4.34 Å². The minimum Gasteiger partial charge on any atom is -0.335 e. The zero-order valence-corrected chi connectivity index (χ0v) is 19.2. The number of amides is 3. The van der Waals surface area contributed by atoms with E-state index in [9.17, 15) is 9.59 Å². The highest BCUT2D eigenvalue weighted by atomic mass is 32.2. The Morgan fingerprint density at radius 2 is 2.00 bits per heavy atom. The van der Waals surface area contributed by atoms with Gasteiger partial charge in [-0.3, -0.25) is 20.3 Å². The number of aromatic nitrogens is 3. The van der Waals surface area contributed by atoms with E-state index in [-0.39, 0.29) is 24.5 Å². The number of anilines is 2. The molecule has 3 heterocycles. The Hall–Kier alpha value is -1.76. The molecule has 3 N–H and O–H groups in total. The van der Waals surface area contributed by atoms with Crippen molar-refractivity contribution >= 4 is 56.6 Å². The minimum absolute atomic E-state index is 0.0959. The monoisotopic (exact) mass is 467 g/mol. The molecule has 162 valence electrons. The Morgan fingerprint density at radius 3 is 2.80 bits per heavy atom. The lowest BCUT2D eigenvalue weighted by Crippen LogP contribution is -2.36. The van der Waals surface area contributed by atoms with Crippen LogP contribution in [0, 0.1) is 0 Å². The van der Waals surface area contributed by atoms with Crippen LogP contribution in [0.25, 0.3) is 0 Å². The van der Waals surface area contributed by atoms with Crippen LogP contribution >= 0.6 is 34.4 Å². The van der Waals surface area contributed by atoms with Crippen molar-refractivity contribution in [2.45, 2.75) is 56.0 Å². The van der Waals surface area contributed by atoms with E-state index >= 15 is 0 Å². The summed E-state index contributed by atoms with van der Waals surface area (Å²) >= 11 is 4.49. The molecule has 1 saturated carbocycles. The average Bonchev–Trinajstić information content (AvgIpc) is 3.43. The fourth-order valence-corrected chi connectivity index (χ4v) is 6.34. The van der Waals surface area contributed by atoms with Crippen LogP contribution in [-0.4, -0.2) is 56.9 Å². The Bertz CT molecular complexity index is 894. The van der Waals surface area contributed by atoms with Crippen molar-refractivity contribution in [1.29, 1.82) is 0 Å². The zero-order chi connectivity index (χ0) is 20.9. The predicted molar refractivity (Wildman–Crippen MR) is 120 cm³/mol. The van der Waals surface area contributed by atoms with Crippen LogP contribution in [-0.2, 0) is 17.8 Å². The van der Waals surface area contributed by atoms with Crippen molar-refractivity contribution < 1.29 is 9.59 Å². The highest BCUT2D eigenvalue weighted by Crippen LogP contribution is 2.29. The zero-order valence-electron chi connectivity index (χ0n) is 16.8. The topological polar surface area (TPSA) is 112 Å². The number of hydrogen-bond acceptors (Lipinski definition) is 9. The maximum Gasteiger partial charge on any atom is 0.321 e. The molecule has 0 spiro atoms. The number of carbonyl (C=O) groups excluding carboxylic acids is 2. The molecular formula is C18H25N7O2S3. The first-order valence-electron chi connectivity index (χ1n) is 10.1. The average molecular weight is 468 g/mol. The van der Waals surface area contributed by atoms with Gasteiger partial charge in [-0.1, -0.05) is 42.9 Å². The summed E-state index contributed by atoms with van der Waals surface area (Å²) in [5.41, 5.74) is 1.01. The molecule has 12 heteroatoms. The van der Waals surface area contributed by atoms with Gasteiger partial charge >= 0.3 is 6.03 Å². The first-order chi connectivity index (χ1) is 14.6. The van der Waals surface area contributed by atoms with Gasteiger partial charge in [0.2, 0.25) is 11.0 Å². The number of rotatable bonds is 7. The minimum atomic E-state index is -0.179. The van der Waals surface area contributed by atoms with Gasteiger partial charge < -0.3 is 5.32 Å². The lowest BCUT2D eigenvalue weighted by molar-refractivity contribution is -0.117. The molecule has 0 unspecified atom stereocenters. The lowest BCUT2D eigenvalue weighted by Gasteiger charge is -2.24. The number of fused-ring (bicyclic) bond motifs is 1. The van der Waals surface area contributed by atoms with Gasteiger partial charge in [0.25, 0.3) is 0 Å². The van der Waals surface area contributed by atoms with Crippen molar-refractivity contribution in [3.8, 4) is 0 Å². The molecule has 0 radical (unpaired) electrons. The molecule has 1 fully saturated rings. The Balaban J connectivity index is 1.26. The van der Waals surface area contributed by atoms with Crippen LogP contribution in [0.3, 0.4) is 0 Å². The van der Waals surface area contributed by atoms with E-state index in [1.165, 1.54) is 35.5 Å². The van der Waals surface area contributed by atoms with Crippen LogP contribution in [0.5, 0.6) is 0 Å². The molecule has 9 nitrogen and oxygen atoms in total. The Kier molecular flexibility index (Phi) is 7.18. The van der Waals surface area contributed by atoms with E-state index < -0.39 is 0 Å². The van der Waals surface area contributed by atoms with Crippen molar-refractivity contribution in [3.05, 3.63) is 10.6 Å². The van der Waals surface area contributed by atoms with E-state index in [1.807, 2.05) is 0 Å². The highest BCUT2D eigenvalue weighted by Gasteiger charge is 2.24. The molecule has 30 heavy (non-hydrogen) atoms. The number of thiazole rings is 1. The highest BCUT2D eigenvalue weighted by molar-refractivity contribution is 8.01. The third kappa shape index (κ3) is 5.68. The summed E-state index contributed by atoms with van der Waals surface area (Å²) in [5, 5.41) is 17.9. The fourth-order valence-electron chi connectivity index (χ4n) is 3.63. The SMILES string of the molecule is CCSc1nnc(NC(=O)CN2CCc3nc(NC(=O)NC4CCCC4)sc3C2)s1. The first-order valence-corrected chi connectivity index (χ1v) is 12.8. The second-order valence-electron chi connectivity index (χ2n) is 7.28. The maximum absolute atomic E-state index is 12.4. The van der Waals surface area contributed by atoms with Gasteiger partial charge in [-0.25, -0.2) is 9.78 Å². The molecule has 2 aromatic rings. The first kappa shape index (κ1) is 21.5. The normalized spacial score (nSPS) is 17.0. The second-order valence-corrected chi connectivity index (χ2v) is 10.9. The number of carbonyl (C=O) groups is 2. The van der Waals surface area contributed by atoms with E-state index in [1.54, 1.807) is 11.8 Å². The summed E-state index contributed by atoms with van der Waals surface area (Å²) in [7, 11) is 0. The van der Waals surface area contributed by atoms with Crippen molar-refractivity contribution in [2.24, 2.45) is 0 Å². The molecule has 0 bridgehead atoms. The Morgan fingerprint density at radius 1 is 1.17 bits per heavy atom. The summed E-state index contributed by atoms with van der Waals surface area (Å²) in [4.78, 5) is 32.3. The van der Waals surface area contributed by atoms with E-state index in [2.05, 4.69) is 43.0 Å². The second kappa shape index (κ2) is 10.0. The number of hydrogen-bond donors (Lipinski definition) is 3. The summed E-state index contributed by atoms with van der Waals surface area (Å²) in [5.74, 6) is 0.827.